The number of para-hydroxylation sites is 1. The van der Waals surface area contributed by atoms with Crippen molar-refractivity contribution < 1.29 is 4.39 Å². The van der Waals surface area contributed by atoms with Crippen molar-refractivity contribution >= 4 is 22.2 Å². The Morgan fingerprint density at radius 2 is 2.07 bits per heavy atom. The number of hydrogen-bond donors (Lipinski definition) is 1. The molecule has 3 heteroatoms. The minimum absolute atomic E-state index is 0.199. The molecule has 0 radical (unpaired) electrons. The van der Waals surface area contributed by atoms with E-state index in [2.05, 4.69) is 4.98 Å². The van der Waals surface area contributed by atoms with E-state index in [0.29, 0.717) is 5.52 Å². The van der Waals surface area contributed by atoms with Gasteiger partial charge in [0, 0.05) is 5.39 Å². The third kappa shape index (κ3) is 1.36. The lowest BCUT2D eigenvalue weighted by Crippen LogP contribution is -1.75. The molecule has 0 atom stereocenters. The number of benzene rings is 1. The zero-order chi connectivity index (χ0) is 10.3. The fourth-order valence-electron chi connectivity index (χ4n) is 1.68. The minimum atomic E-state index is -0.199. The molecule has 0 amide bonds. The SMILES string of the molecule is Fc1cccc2cc(-c3cccs3)[nH]c12. The van der Waals surface area contributed by atoms with Crippen LogP contribution < -0.4 is 0 Å². The van der Waals surface area contributed by atoms with Gasteiger partial charge in [-0.1, -0.05) is 18.2 Å². The van der Waals surface area contributed by atoms with Crippen LogP contribution in [0.3, 0.4) is 0 Å². The summed E-state index contributed by atoms with van der Waals surface area (Å²) in [7, 11) is 0. The van der Waals surface area contributed by atoms with E-state index in [1.165, 1.54) is 6.07 Å². The van der Waals surface area contributed by atoms with Gasteiger partial charge in [-0.15, -0.1) is 11.3 Å². The van der Waals surface area contributed by atoms with Crippen molar-refractivity contribution in [3.05, 3.63) is 47.6 Å². The molecular formula is C12H8FNS. The number of aromatic amines is 1. The van der Waals surface area contributed by atoms with E-state index in [0.717, 1.165) is 16.0 Å². The molecule has 3 rings (SSSR count). The Morgan fingerprint density at radius 1 is 1.13 bits per heavy atom. The Bertz CT molecular complexity index is 595. The molecule has 0 spiro atoms. The standard InChI is InChI=1S/C12H8FNS/c13-9-4-1-3-8-7-10(14-12(8)9)11-5-2-6-15-11/h1-7,14H. The summed E-state index contributed by atoms with van der Waals surface area (Å²) in [5.41, 5.74) is 1.56. The molecule has 2 aromatic heterocycles. The first kappa shape index (κ1) is 8.68. The molecule has 0 saturated heterocycles. The second-order valence-electron chi connectivity index (χ2n) is 3.36. The van der Waals surface area contributed by atoms with E-state index in [1.54, 1.807) is 17.4 Å². The van der Waals surface area contributed by atoms with Crippen LogP contribution in [0.25, 0.3) is 21.5 Å². The van der Waals surface area contributed by atoms with Gasteiger partial charge in [0.2, 0.25) is 0 Å². The first-order valence-corrected chi connectivity index (χ1v) is 5.54. The Hall–Kier alpha value is -1.61. The van der Waals surface area contributed by atoms with Gasteiger partial charge in [0.15, 0.2) is 0 Å². The summed E-state index contributed by atoms with van der Waals surface area (Å²) in [5.74, 6) is -0.199. The van der Waals surface area contributed by atoms with E-state index < -0.39 is 0 Å². The highest BCUT2D eigenvalue weighted by atomic mass is 32.1. The van der Waals surface area contributed by atoms with Crippen LogP contribution >= 0.6 is 11.3 Å². The van der Waals surface area contributed by atoms with Crippen LogP contribution in [-0.2, 0) is 0 Å². The normalized spacial score (nSPS) is 11.0. The van der Waals surface area contributed by atoms with Gasteiger partial charge in [-0.05, 0) is 23.6 Å². The molecule has 1 aromatic carbocycles. The topological polar surface area (TPSA) is 15.8 Å². The van der Waals surface area contributed by atoms with Gasteiger partial charge in [-0.2, -0.15) is 0 Å². The van der Waals surface area contributed by atoms with Crippen LogP contribution in [0.2, 0.25) is 0 Å². The average Bonchev–Trinajstić information content (AvgIpc) is 2.86. The van der Waals surface area contributed by atoms with Crippen LogP contribution in [0.4, 0.5) is 4.39 Å². The minimum Gasteiger partial charge on any atom is -0.351 e. The van der Waals surface area contributed by atoms with Crippen LogP contribution in [0, 0.1) is 5.82 Å². The molecule has 0 bridgehead atoms. The van der Waals surface area contributed by atoms with Crippen LogP contribution in [0.1, 0.15) is 0 Å². The van der Waals surface area contributed by atoms with Crippen molar-refractivity contribution in [2.75, 3.05) is 0 Å². The largest absolute Gasteiger partial charge is 0.351 e. The summed E-state index contributed by atoms with van der Waals surface area (Å²) in [5, 5.41) is 2.93. The Kier molecular flexibility index (Phi) is 1.86. The average molecular weight is 217 g/mol. The lowest BCUT2D eigenvalue weighted by Gasteiger charge is -1.90. The predicted molar refractivity (Wildman–Crippen MR) is 61.6 cm³/mol. The Balaban J connectivity index is 2.27. The highest BCUT2D eigenvalue weighted by Gasteiger charge is 2.06. The van der Waals surface area contributed by atoms with Gasteiger partial charge in [-0.3, -0.25) is 0 Å². The van der Waals surface area contributed by atoms with Crippen molar-refractivity contribution in [3.63, 3.8) is 0 Å². The number of rotatable bonds is 1. The van der Waals surface area contributed by atoms with Crippen LogP contribution in [0.15, 0.2) is 41.8 Å². The summed E-state index contributed by atoms with van der Waals surface area (Å²) < 4.78 is 13.4. The molecule has 0 fully saturated rings. The Morgan fingerprint density at radius 3 is 2.80 bits per heavy atom. The molecule has 0 unspecified atom stereocenters. The summed E-state index contributed by atoms with van der Waals surface area (Å²) in [4.78, 5) is 4.23. The summed E-state index contributed by atoms with van der Waals surface area (Å²) in [6.07, 6.45) is 0. The van der Waals surface area contributed by atoms with Gasteiger partial charge < -0.3 is 4.98 Å². The maximum atomic E-state index is 13.4. The molecule has 1 N–H and O–H groups in total. The summed E-state index contributed by atoms with van der Waals surface area (Å²) in [6, 6.07) is 11.1. The van der Waals surface area contributed by atoms with E-state index in [1.807, 2.05) is 29.6 Å². The fourth-order valence-corrected chi connectivity index (χ4v) is 2.38. The fraction of sp³-hybridized carbons (Fsp3) is 0. The van der Waals surface area contributed by atoms with E-state index in [4.69, 9.17) is 0 Å². The molecule has 2 heterocycles. The van der Waals surface area contributed by atoms with Gasteiger partial charge in [0.1, 0.15) is 5.82 Å². The Labute approximate surface area is 90.2 Å². The second-order valence-corrected chi connectivity index (χ2v) is 4.31. The molecule has 0 saturated carbocycles. The third-order valence-electron chi connectivity index (χ3n) is 2.39. The number of hydrogen-bond acceptors (Lipinski definition) is 1. The van der Waals surface area contributed by atoms with Gasteiger partial charge >= 0.3 is 0 Å². The number of halogens is 1. The maximum Gasteiger partial charge on any atom is 0.147 e. The van der Waals surface area contributed by atoms with Crippen LogP contribution in [-0.4, -0.2) is 4.98 Å². The lowest BCUT2D eigenvalue weighted by molar-refractivity contribution is 0.637. The van der Waals surface area contributed by atoms with E-state index in [-0.39, 0.29) is 5.82 Å². The highest BCUT2D eigenvalue weighted by Crippen LogP contribution is 2.28. The molecule has 0 aliphatic heterocycles. The number of H-pyrrole nitrogens is 1. The molecule has 15 heavy (non-hydrogen) atoms. The van der Waals surface area contributed by atoms with Crippen LogP contribution in [0.5, 0.6) is 0 Å². The van der Waals surface area contributed by atoms with E-state index in [9.17, 15) is 4.39 Å². The third-order valence-corrected chi connectivity index (χ3v) is 3.30. The molecule has 3 aromatic rings. The summed E-state index contributed by atoms with van der Waals surface area (Å²) in [6.45, 7) is 0. The quantitative estimate of drug-likeness (QED) is 0.633. The van der Waals surface area contributed by atoms with Gasteiger partial charge in [0.05, 0.1) is 16.1 Å². The first-order valence-electron chi connectivity index (χ1n) is 4.66. The number of aromatic nitrogens is 1. The number of nitrogens with one attached hydrogen (secondary N) is 1. The van der Waals surface area contributed by atoms with Crippen molar-refractivity contribution in [2.45, 2.75) is 0 Å². The van der Waals surface area contributed by atoms with Gasteiger partial charge in [-0.25, -0.2) is 4.39 Å². The monoisotopic (exact) mass is 217 g/mol. The second kappa shape index (κ2) is 3.21. The van der Waals surface area contributed by atoms with Crippen molar-refractivity contribution in [1.82, 2.24) is 4.98 Å². The number of thiophene rings is 1. The molecule has 0 aliphatic rings. The molecule has 74 valence electrons. The van der Waals surface area contributed by atoms with Gasteiger partial charge in [0.25, 0.3) is 0 Å². The number of fused-ring (bicyclic) bond motifs is 1. The molecule has 0 aliphatic carbocycles. The smallest absolute Gasteiger partial charge is 0.147 e. The van der Waals surface area contributed by atoms with Crippen molar-refractivity contribution in [3.8, 4) is 10.6 Å². The summed E-state index contributed by atoms with van der Waals surface area (Å²) >= 11 is 1.64. The highest BCUT2D eigenvalue weighted by molar-refractivity contribution is 7.13. The zero-order valence-electron chi connectivity index (χ0n) is 7.83. The lowest BCUT2D eigenvalue weighted by atomic mass is 10.2. The molecule has 1 nitrogen and oxygen atoms in total. The van der Waals surface area contributed by atoms with Crippen molar-refractivity contribution in [1.29, 1.82) is 0 Å². The zero-order valence-corrected chi connectivity index (χ0v) is 8.64. The maximum absolute atomic E-state index is 13.4. The van der Waals surface area contributed by atoms with E-state index >= 15 is 0 Å². The van der Waals surface area contributed by atoms with Crippen molar-refractivity contribution in [2.24, 2.45) is 0 Å². The predicted octanol–water partition coefficient (Wildman–Crippen LogP) is 4.04. The molecular weight excluding hydrogens is 209 g/mol. The first-order chi connectivity index (χ1) is 7.34.